The maximum Gasteiger partial charge on any atom is 0.0547 e. The first-order valence-electron chi connectivity index (χ1n) is 6.24. The second-order valence-electron chi connectivity index (χ2n) is 5.34. The van der Waals surface area contributed by atoms with Gasteiger partial charge in [-0.05, 0) is 24.0 Å². The second-order valence-corrected chi connectivity index (χ2v) is 5.34. The topological polar surface area (TPSA) is 3.24 Å². The number of benzene rings is 1. The predicted molar refractivity (Wildman–Crippen MR) is 67.2 cm³/mol. The summed E-state index contributed by atoms with van der Waals surface area (Å²) < 4.78 is 0. The summed E-state index contributed by atoms with van der Waals surface area (Å²) in [4.78, 5) is 2.65. The third kappa shape index (κ3) is 1.21. The van der Waals surface area contributed by atoms with Gasteiger partial charge in [0, 0.05) is 6.04 Å². The molecule has 0 spiro atoms. The van der Waals surface area contributed by atoms with Gasteiger partial charge in [-0.1, -0.05) is 50.3 Å². The first-order chi connectivity index (χ1) is 7.70. The lowest BCUT2D eigenvalue weighted by atomic mass is 9.97. The van der Waals surface area contributed by atoms with Crippen molar-refractivity contribution in [2.45, 2.75) is 38.9 Å². The van der Waals surface area contributed by atoms with Crippen molar-refractivity contribution in [2.75, 3.05) is 0 Å². The average molecular weight is 213 g/mol. The maximum absolute atomic E-state index is 2.65. The minimum Gasteiger partial charge on any atom is -0.279 e. The summed E-state index contributed by atoms with van der Waals surface area (Å²) in [5.74, 6) is 0.708. The van der Waals surface area contributed by atoms with Crippen LogP contribution in [0.25, 0.3) is 0 Å². The normalized spacial score (nSPS) is 28.8. The van der Waals surface area contributed by atoms with Gasteiger partial charge >= 0.3 is 0 Å². The van der Waals surface area contributed by atoms with Crippen molar-refractivity contribution in [1.82, 2.24) is 4.90 Å². The van der Waals surface area contributed by atoms with Crippen LogP contribution in [-0.4, -0.2) is 10.9 Å². The molecule has 3 atom stereocenters. The summed E-state index contributed by atoms with van der Waals surface area (Å²) in [6.07, 6.45) is 4.73. The molecule has 0 fully saturated rings. The van der Waals surface area contributed by atoms with Gasteiger partial charge in [0.15, 0.2) is 0 Å². The quantitative estimate of drug-likeness (QED) is 0.677. The van der Waals surface area contributed by atoms with E-state index in [-0.39, 0.29) is 0 Å². The van der Waals surface area contributed by atoms with Gasteiger partial charge in [-0.25, -0.2) is 0 Å². The fourth-order valence-corrected chi connectivity index (χ4v) is 3.01. The largest absolute Gasteiger partial charge is 0.279 e. The monoisotopic (exact) mass is 213 g/mol. The Bertz CT molecular complexity index is 400. The molecule has 3 rings (SSSR count). The van der Waals surface area contributed by atoms with Gasteiger partial charge in [-0.3, -0.25) is 4.90 Å². The molecule has 2 aliphatic heterocycles. The molecule has 2 bridgehead atoms. The van der Waals surface area contributed by atoms with E-state index in [1.807, 2.05) is 0 Å². The fourth-order valence-electron chi connectivity index (χ4n) is 3.01. The second kappa shape index (κ2) is 3.46. The summed E-state index contributed by atoms with van der Waals surface area (Å²) in [7, 11) is 0. The zero-order valence-electron chi connectivity index (χ0n) is 10.2. The Morgan fingerprint density at radius 2 is 1.44 bits per heavy atom. The van der Waals surface area contributed by atoms with Crippen LogP contribution >= 0.6 is 0 Å². The summed E-state index contributed by atoms with van der Waals surface area (Å²) in [5, 5.41) is 0. The molecule has 0 saturated carbocycles. The Labute approximate surface area is 97.8 Å². The van der Waals surface area contributed by atoms with Crippen molar-refractivity contribution >= 4 is 0 Å². The molecule has 84 valence electrons. The lowest BCUT2D eigenvalue weighted by Crippen LogP contribution is -2.34. The van der Waals surface area contributed by atoms with Crippen LogP contribution in [0, 0.1) is 5.92 Å². The number of fused-ring (bicyclic) bond motifs is 5. The minimum absolute atomic E-state index is 0.526. The smallest absolute Gasteiger partial charge is 0.0547 e. The minimum atomic E-state index is 0.526. The van der Waals surface area contributed by atoms with Gasteiger partial charge in [-0.2, -0.15) is 0 Å². The molecule has 16 heavy (non-hydrogen) atoms. The summed E-state index contributed by atoms with van der Waals surface area (Å²) in [6.45, 7) is 6.98. The average Bonchev–Trinajstić information content (AvgIpc) is 2.84. The highest BCUT2D eigenvalue weighted by atomic mass is 15.2. The van der Waals surface area contributed by atoms with Crippen molar-refractivity contribution in [3.63, 3.8) is 0 Å². The Morgan fingerprint density at radius 1 is 0.938 bits per heavy atom. The highest BCUT2D eigenvalue weighted by Crippen LogP contribution is 2.50. The molecule has 1 nitrogen and oxygen atoms in total. The molecule has 0 N–H and O–H groups in total. The van der Waals surface area contributed by atoms with E-state index in [4.69, 9.17) is 0 Å². The van der Waals surface area contributed by atoms with Crippen molar-refractivity contribution < 1.29 is 0 Å². The Morgan fingerprint density at radius 3 is 1.88 bits per heavy atom. The predicted octanol–water partition coefficient (Wildman–Crippen LogP) is 3.70. The molecule has 0 saturated heterocycles. The number of hydrogen-bond acceptors (Lipinski definition) is 1. The van der Waals surface area contributed by atoms with Crippen LogP contribution in [0.1, 0.15) is 44.0 Å². The van der Waals surface area contributed by atoms with E-state index in [1.54, 1.807) is 0 Å². The van der Waals surface area contributed by atoms with Gasteiger partial charge in [-0.15, -0.1) is 0 Å². The summed E-state index contributed by atoms with van der Waals surface area (Å²) in [5.41, 5.74) is 3.03. The Kier molecular flexibility index (Phi) is 2.18. The molecule has 3 unspecified atom stereocenters. The van der Waals surface area contributed by atoms with Crippen molar-refractivity contribution in [3.05, 3.63) is 47.5 Å². The molecule has 0 aromatic heterocycles. The van der Waals surface area contributed by atoms with Crippen LogP contribution < -0.4 is 0 Å². The lowest BCUT2D eigenvalue weighted by Gasteiger charge is -2.32. The van der Waals surface area contributed by atoms with Gasteiger partial charge in [0.1, 0.15) is 0 Å². The molecular formula is C15H19N. The van der Waals surface area contributed by atoms with Crippen LogP contribution in [0.3, 0.4) is 0 Å². The molecule has 0 aliphatic carbocycles. The SMILES string of the molecule is CC(C)C(C)N1C2C=CC1c1ccccc12. The first-order valence-corrected chi connectivity index (χ1v) is 6.24. The van der Waals surface area contributed by atoms with Gasteiger partial charge in [0.2, 0.25) is 0 Å². The van der Waals surface area contributed by atoms with Crippen molar-refractivity contribution in [3.8, 4) is 0 Å². The number of hydrogen-bond donors (Lipinski definition) is 0. The van der Waals surface area contributed by atoms with E-state index in [9.17, 15) is 0 Å². The standard InChI is InChI=1S/C15H19N/c1-10(2)11(3)16-14-8-9-15(16)13-7-5-4-6-12(13)14/h4-11,14-15H,1-3H3. The van der Waals surface area contributed by atoms with Gasteiger partial charge in [0.25, 0.3) is 0 Å². The zero-order valence-corrected chi connectivity index (χ0v) is 10.2. The molecule has 1 heteroatoms. The molecule has 1 aromatic rings. The zero-order chi connectivity index (χ0) is 11.3. The fraction of sp³-hybridized carbons (Fsp3) is 0.467. The molecule has 0 radical (unpaired) electrons. The van der Waals surface area contributed by atoms with Crippen molar-refractivity contribution in [1.29, 1.82) is 0 Å². The summed E-state index contributed by atoms with van der Waals surface area (Å²) >= 11 is 0. The lowest BCUT2D eigenvalue weighted by molar-refractivity contribution is 0.138. The Hall–Kier alpha value is -1.08. The molecule has 2 heterocycles. The van der Waals surface area contributed by atoms with E-state index in [2.05, 4.69) is 62.1 Å². The number of nitrogens with zero attached hydrogens (tertiary/aromatic N) is 1. The molecular weight excluding hydrogens is 194 g/mol. The molecule has 0 amide bonds. The first kappa shape index (κ1) is 10.1. The van der Waals surface area contributed by atoms with E-state index in [1.165, 1.54) is 11.1 Å². The third-order valence-electron chi connectivity index (χ3n) is 4.19. The highest BCUT2D eigenvalue weighted by Gasteiger charge is 2.42. The molecule has 2 aliphatic rings. The maximum atomic E-state index is 2.65. The van der Waals surface area contributed by atoms with E-state index >= 15 is 0 Å². The number of rotatable bonds is 2. The summed E-state index contributed by atoms with van der Waals surface area (Å²) in [6, 6.07) is 10.6. The Balaban J connectivity index is 2.00. The van der Waals surface area contributed by atoms with Gasteiger partial charge < -0.3 is 0 Å². The van der Waals surface area contributed by atoms with Crippen LogP contribution in [0.2, 0.25) is 0 Å². The van der Waals surface area contributed by atoms with Crippen LogP contribution in [0.15, 0.2) is 36.4 Å². The van der Waals surface area contributed by atoms with E-state index < -0.39 is 0 Å². The van der Waals surface area contributed by atoms with Crippen LogP contribution in [-0.2, 0) is 0 Å². The third-order valence-corrected chi connectivity index (χ3v) is 4.19. The highest BCUT2D eigenvalue weighted by molar-refractivity contribution is 5.46. The van der Waals surface area contributed by atoms with E-state index in [0.717, 1.165) is 0 Å². The van der Waals surface area contributed by atoms with Crippen molar-refractivity contribution in [2.24, 2.45) is 5.92 Å². The van der Waals surface area contributed by atoms with Crippen LogP contribution in [0.4, 0.5) is 0 Å². The van der Waals surface area contributed by atoms with Crippen LogP contribution in [0.5, 0.6) is 0 Å². The van der Waals surface area contributed by atoms with E-state index in [0.29, 0.717) is 24.0 Å². The van der Waals surface area contributed by atoms with Gasteiger partial charge in [0.05, 0.1) is 12.1 Å². The molecule has 1 aromatic carbocycles.